The molecule has 0 aliphatic rings. The molecule has 0 bridgehead atoms. The standard InChI is InChI=1S/C16H14N2O3/c17-10-12-11-19-16(18-12)21-15-8-6-14(7-9-15)20-13-4-2-1-3-5-13/h1-9,11H,10,17H2. The fraction of sp³-hybridized carbons (Fsp3) is 0.0625. The Kier molecular flexibility index (Phi) is 3.84. The van der Waals surface area contributed by atoms with E-state index in [1.54, 1.807) is 12.1 Å². The lowest BCUT2D eigenvalue weighted by atomic mass is 10.3. The summed E-state index contributed by atoms with van der Waals surface area (Å²) >= 11 is 0. The van der Waals surface area contributed by atoms with Gasteiger partial charge in [-0.2, -0.15) is 4.98 Å². The van der Waals surface area contributed by atoms with Crippen molar-refractivity contribution < 1.29 is 13.9 Å². The van der Waals surface area contributed by atoms with Crippen LogP contribution in [0.3, 0.4) is 0 Å². The van der Waals surface area contributed by atoms with Gasteiger partial charge in [0.05, 0.1) is 5.69 Å². The SMILES string of the molecule is NCc1coc(Oc2ccc(Oc3ccccc3)cc2)n1. The number of oxazole rings is 1. The molecule has 0 atom stereocenters. The van der Waals surface area contributed by atoms with Crippen LogP contribution in [0, 0.1) is 0 Å². The molecule has 3 aromatic rings. The highest BCUT2D eigenvalue weighted by Crippen LogP contribution is 2.26. The van der Waals surface area contributed by atoms with Crippen LogP contribution >= 0.6 is 0 Å². The van der Waals surface area contributed by atoms with Crippen molar-refractivity contribution in [1.82, 2.24) is 4.98 Å². The summed E-state index contributed by atoms with van der Waals surface area (Å²) in [5.74, 6) is 2.12. The number of rotatable bonds is 5. The van der Waals surface area contributed by atoms with Crippen LogP contribution in [0.15, 0.2) is 65.3 Å². The molecule has 0 fully saturated rings. The van der Waals surface area contributed by atoms with Gasteiger partial charge < -0.3 is 19.6 Å². The number of aromatic nitrogens is 1. The Morgan fingerprint density at radius 2 is 1.48 bits per heavy atom. The van der Waals surface area contributed by atoms with E-state index in [-0.39, 0.29) is 6.08 Å². The quantitative estimate of drug-likeness (QED) is 0.772. The van der Waals surface area contributed by atoms with Crippen molar-refractivity contribution in [2.75, 3.05) is 0 Å². The molecule has 0 saturated heterocycles. The van der Waals surface area contributed by atoms with E-state index in [0.717, 1.165) is 11.5 Å². The molecule has 0 spiro atoms. The first-order valence-electron chi connectivity index (χ1n) is 6.49. The summed E-state index contributed by atoms with van der Waals surface area (Å²) in [6.07, 6.45) is 1.65. The van der Waals surface area contributed by atoms with Crippen molar-refractivity contribution in [1.29, 1.82) is 0 Å². The minimum Gasteiger partial charge on any atom is -0.457 e. The number of nitrogens with two attached hydrogens (primary N) is 1. The molecule has 106 valence electrons. The summed E-state index contributed by atoms with van der Waals surface area (Å²) in [5.41, 5.74) is 6.10. The third kappa shape index (κ3) is 3.40. The zero-order valence-electron chi connectivity index (χ0n) is 11.2. The smallest absolute Gasteiger partial charge is 0.399 e. The summed E-state index contributed by atoms with van der Waals surface area (Å²) in [6.45, 7) is 0.316. The molecule has 0 radical (unpaired) electrons. The van der Waals surface area contributed by atoms with Gasteiger partial charge in [-0.05, 0) is 36.4 Å². The van der Waals surface area contributed by atoms with Gasteiger partial charge >= 0.3 is 6.08 Å². The van der Waals surface area contributed by atoms with E-state index in [2.05, 4.69) is 4.98 Å². The highest BCUT2D eigenvalue weighted by molar-refractivity contribution is 5.36. The molecular weight excluding hydrogens is 268 g/mol. The zero-order valence-corrected chi connectivity index (χ0v) is 11.2. The topological polar surface area (TPSA) is 70.5 Å². The van der Waals surface area contributed by atoms with Crippen molar-refractivity contribution in [3.8, 4) is 23.3 Å². The number of hydrogen-bond acceptors (Lipinski definition) is 5. The summed E-state index contributed by atoms with van der Waals surface area (Å²) in [6, 6.07) is 16.8. The molecule has 21 heavy (non-hydrogen) atoms. The molecule has 0 unspecified atom stereocenters. The maximum absolute atomic E-state index is 5.69. The fourth-order valence-corrected chi connectivity index (χ4v) is 1.73. The van der Waals surface area contributed by atoms with Crippen LogP contribution in [0.5, 0.6) is 23.3 Å². The second-order valence-electron chi connectivity index (χ2n) is 4.30. The summed E-state index contributed by atoms with van der Waals surface area (Å²) in [7, 11) is 0. The third-order valence-electron chi connectivity index (χ3n) is 2.75. The van der Waals surface area contributed by atoms with Crippen molar-refractivity contribution >= 4 is 0 Å². The molecule has 0 aliphatic heterocycles. The Morgan fingerprint density at radius 1 is 0.857 bits per heavy atom. The normalized spacial score (nSPS) is 10.3. The van der Waals surface area contributed by atoms with Gasteiger partial charge in [0.15, 0.2) is 0 Å². The number of ether oxygens (including phenoxy) is 2. The molecule has 0 aliphatic carbocycles. The maximum atomic E-state index is 5.69. The van der Waals surface area contributed by atoms with Gasteiger partial charge in [0.1, 0.15) is 23.5 Å². The highest BCUT2D eigenvalue weighted by Gasteiger charge is 2.05. The molecule has 5 heteroatoms. The average molecular weight is 282 g/mol. The summed E-state index contributed by atoms with van der Waals surface area (Å²) in [4.78, 5) is 4.07. The van der Waals surface area contributed by atoms with Gasteiger partial charge in [-0.3, -0.25) is 0 Å². The first kappa shape index (κ1) is 13.2. The van der Waals surface area contributed by atoms with E-state index in [1.807, 2.05) is 42.5 Å². The summed E-state index contributed by atoms with van der Waals surface area (Å²) in [5, 5.41) is 0. The maximum Gasteiger partial charge on any atom is 0.399 e. The lowest BCUT2D eigenvalue weighted by Crippen LogP contribution is -1.95. The Hall–Kier alpha value is -2.79. The van der Waals surface area contributed by atoms with Crippen LogP contribution in [-0.2, 0) is 6.54 Å². The van der Waals surface area contributed by atoms with Gasteiger partial charge in [-0.1, -0.05) is 18.2 Å². The van der Waals surface area contributed by atoms with Gasteiger partial charge in [0.2, 0.25) is 0 Å². The zero-order chi connectivity index (χ0) is 14.5. The molecule has 5 nitrogen and oxygen atoms in total. The number of benzene rings is 2. The second-order valence-corrected chi connectivity index (χ2v) is 4.30. The van der Waals surface area contributed by atoms with E-state index >= 15 is 0 Å². The lowest BCUT2D eigenvalue weighted by molar-refractivity contribution is 0.330. The lowest BCUT2D eigenvalue weighted by Gasteiger charge is -2.06. The monoisotopic (exact) mass is 282 g/mol. The van der Waals surface area contributed by atoms with Crippen molar-refractivity contribution in [2.24, 2.45) is 5.73 Å². The number of hydrogen-bond donors (Lipinski definition) is 1. The molecule has 2 aromatic carbocycles. The minimum atomic E-state index is 0.173. The number of para-hydroxylation sites is 1. The largest absolute Gasteiger partial charge is 0.457 e. The van der Waals surface area contributed by atoms with Crippen LogP contribution in [0.2, 0.25) is 0 Å². The predicted molar refractivity (Wildman–Crippen MR) is 77.4 cm³/mol. The van der Waals surface area contributed by atoms with Gasteiger partial charge in [-0.25, -0.2) is 0 Å². The second kappa shape index (κ2) is 6.11. The first-order chi connectivity index (χ1) is 10.3. The minimum absolute atomic E-state index is 0.173. The molecule has 3 rings (SSSR count). The van der Waals surface area contributed by atoms with E-state index in [1.165, 1.54) is 6.26 Å². The van der Waals surface area contributed by atoms with Crippen molar-refractivity contribution in [2.45, 2.75) is 6.54 Å². The van der Waals surface area contributed by atoms with Gasteiger partial charge in [0, 0.05) is 6.54 Å². The van der Waals surface area contributed by atoms with Crippen molar-refractivity contribution in [3.63, 3.8) is 0 Å². The van der Waals surface area contributed by atoms with Crippen LogP contribution in [-0.4, -0.2) is 4.98 Å². The predicted octanol–water partition coefficient (Wildman–Crippen LogP) is 3.72. The average Bonchev–Trinajstić information content (AvgIpc) is 2.98. The molecule has 1 aromatic heterocycles. The van der Waals surface area contributed by atoms with Gasteiger partial charge in [0.25, 0.3) is 0 Å². The Balaban J connectivity index is 1.66. The molecule has 2 N–H and O–H groups in total. The van der Waals surface area contributed by atoms with Crippen molar-refractivity contribution in [3.05, 3.63) is 66.6 Å². The van der Waals surface area contributed by atoms with Crippen LogP contribution in [0.4, 0.5) is 0 Å². The third-order valence-corrected chi connectivity index (χ3v) is 2.75. The van der Waals surface area contributed by atoms with Crippen LogP contribution in [0.1, 0.15) is 5.69 Å². The first-order valence-corrected chi connectivity index (χ1v) is 6.49. The van der Waals surface area contributed by atoms with Crippen LogP contribution < -0.4 is 15.2 Å². The Bertz CT molecular complexity index is 693. The van der Waals surface area contributed by atoms with Gasteiger partial charge in [-0.15, -0.1) is 0 Å². The van der Waals surface area contributed by atoms with Crippen LogP contribution in [0.25, 0.3) is 0 Å². The Morgan fingerprint density at radius 3 is 2.10 bits per heavy atom. The summed E-state index contributed by atoms with van der Waals surface area (Å²) < 4.78 is 16.3. The fourth-order valence-electron chi connectivity index (χ4n) is 1.73. The Labute approximate surface area is 121 Å². The molecule has 0 amide bonds. The number of nitrogens with zero attached hydrogens (tertiary/aromatic N) is 1. The van der Waals surface area contributed by atoms with E-state index in [4.69, 9.17) is 19.6 Å². The molecular formula is C16H14N2O3. The van der Waals surface area contributed by atoms with E-state index < -0.39 is 0 Å². The highest BCUT2D eigenvalue weighted by atomic mass is 16.6. The molecule has 1 heterocycles. The molecule has 0 saturated carbocycles. The van der Waals surface area contributed by atoms with E-state index in [0.29, 0.717) is 18.0 Å². The van der Waals surface area contributed by atoms with E-state index in [9.17, 15) is 0 Å².